The van der Waals surface area contributed by atoms with Gasteiger partial charge in [-0.2, -0.15) is 0 Å². The van der Waals surface area contributed by atoms with Crippen molar-refractivity contribution in [3.05, 3.63) is 21.9 Å². The van der Waals surface area contributed by atoms with Gasteiger partial charge in [-0.1, -0.05) is 0 Å². The van der Waals surface area contributed by atoms with Gasteiger partial charge in [0.15, 0.2) is 5.96 Å². The average molecular weight is 397 g/mol. The Kier molecular flexibility index (Phi) is 11.3. The lowest BCUT2D eigenvalue weighted by Crippen LogP contribution is -2.38. The van der Waals surface area contributed by atoms with E-state index in [9.17, 15) is 0 Å². The predicted molar refractivity (Wildman–Crippen MR) is 93.8 cm³/mol. The van der Waals surface area contributed by atoms with Crippen molar-refractivity contribution in [3.8, 4) is 0 Å². The van der Waals surface area contributed by atoms with Crippen LogP contribution in [0.3, 0.4) is 0 Å². The summed E-state index contributed by atoms with van der Waals surface area (Å²) in [7, 11) is 0. The Hall–Kier alpha value is -0.340. The predicted octanol–water partition coefficient (Wildman–Crippen LogP) is 2.77. The van der Waals surface area contributed by atoms with Crippen LogP contribution in [-0.4, -0.2) is 32.3 Å². The first kappa shape index (κ1) is 18.7. The van der Waals surface area contributed by atoms with Crippen LogP contribution in [0.5, 0.6) is 0 Å². The summed E-state index contributed by atoms with van der Waals surface area (Å²) >= 11 is 1.79. The van der Waals surface area contributed by atoms with Gasteiger partial charge in [0.05, 0.1) is 13.2 Å². The number of rotatable bonds is 7. The summed E-state index contributed by atoms with van der Waals surface area (Å²) in [5.74, 6) is 0.850. The molecule has 0 aliphatic heterocycles. The Bertz CT molecular complexity index is 369. The number of nitrogens with one attached hydrogen (secondary N) is 2. The second kappa shape index (κ2) is 11.5. The summed E-state index contributed by atoms with van der Waals surface area (Å²) in [4.78, 5) is 7.16. The first-order chi connectivity index (χ1) is 8.76. The molecule has 1 rings (SSSR count). The van der Waals surface area contributed by atoms with Crippen molar-refractivity contribution >= 4 is 41.3 Å². The Morgan fingerprint density at radius 2 is 2.11 bits per heavy atom. The Labute approximate surface area is 137 Å². The van der Waals surface area contributed by atoms with Crippen LogP contribution in [0.25, 0.3) is 0 Å². The van der Waals surface area contributed by atoms with Crippen molar-refractivity contribution in [1.29, 1.82) is 0 Å². The van der Waals surface area contributed by atoms with Crippen molar-refractivity contribution in [2.75, 3.05) is 26.3 Å². The van der Waals surface area contributed by atoms with Crippen molar-refractivity contribution in [2.24, 2.45) is 4.99 Å². The molecule has 1 aromatic heterocycles. The Balaban J connectivity index is 0.00000324. The first-order valence-corrected chi connectivity index (χ1v) is 7.23. The SMILES string of the molecule is CCNC(=NCc1ccc(C)s1)NCCOCC.I. The summed E-state index contributed by atoms with van der Waals surface area (Å²) < 4.78 is 5.28. The molecular formula is C13H24IN3OS. The lowest BCUT2D eigenvalue weighted by Gasteiger charge is -2.10. The molecule has 0 aromatic carbocycles. The van der Waals surface area contributed by atoms with Crippen LogP contribution < -0.4 is 10.6 Å². The minimum atomic E-state index is 0. The first-order valence-electron chi connectivity index (χ1n) is 6.41. The highest BCUT2D eigenvalue weighted by Crippen LogP contribution is 2.15. The number of hydrogen-bond acceptors (Lipinski definition) is 3. The number of aliphatic imine (C=N–C) groups is 1. The second-order valence-electron chi connectivity index (χ2n) is 3.83. The number of halogens is 1. The van der Waals surface area contributed by atoms with Crippen LogP contribution in [0.1, 0.15) is 23.6 Å². The van der Waals surface area contributed by atoms with Crippen LogP contribution in [0.2, 0.25) is 0 Å². The number of aryl methyl sites for hydroxylation is 1. The molecule has 0 saturated carbocycles. The lowest BCUT2D eigenvalue weighted by molar-refractivity contribution is 0.152. The third kappa shape index (κ3) is 8.43. The highest BCUT2D eigenvalue weighted by atomic mass is 127. The molecule has 1 aromatic rings. The maximum Gasteiger partial charge on any atom is 0.191 e. The molecule has 6 heteroatoms. The van der Waals surface area contributed by atoms with Gasteiger partial charge in [0.2, 0.25) is 0 Å². The van der Waals surface area contributed by atoms with E-state index in [-0.39, 0.29) is 24.0 Å². The topological polar surface area (TPSA) is 45.7 Å². The van der Waals surface area contributed by atoms with Gasteiger partial charge in [-0.25, -0.2) is 4.99 Å². The van der Waals surface area contributed by atoms with E-state index in [1.54, 1.807) is 11.3 Å². The number of guanidine groups is 1. The van der Waals surface area contributed by atoms with Gasteiger partial charge in [0, 0.05) is 29.5 Å². The quantitative estimate of drug-likeness (QED) is 0.322. The average Bonchev–Trinajstić information content (AvgIpc) is 2.77. The highest BCUT2D eigenvalue weighted by Gasteiger charge is 1.98. The lowest BCUT2D eigenvalue weighted by atomic mass is 10.4. The number of thiophene rings is 1. The largest absolute Gasteiger partial charge is 0.380 e. The molecule has 4 nitrogen and oxygen atoms in total. The zero-order valence-corrected chi connectivity index (χ0v) is 15.0. The van der Waals surface area contributed by atoms with Gasteiger partial charge in [0.25, 0.3) is 0 Å². The molecule has 0 aliphatic carbocycles. The monoisotopic (exact) mass is 397 g/mol. The van der Waals surface area contributed by atoms with Gasteiger partial charge < -0.3 is 15.4 Å². The van der Waals surface area contributed by atoms with Gasteiger partial charge >= 0.3 is 0 Å². The molecular weight excluding hydrogens is 373 g/mol. The molecule has 2 N–H and O–H groups in total. The van der Waals surface area contributed by atoms with Crippen molar-refractivity contribution < 1.29 is 4.74 Å². The molecule has 0 atom stereocenters. The third-order valence-electron chi connectivity index (χ3n) is 2.28. The summed E-state index contributed by atoms with van der Waals surface area (Å²) in [5, 5.41) is 6.48. The normalized spacial score (nSPS) is 11.0. The molecule has 0 aliphatic rings. The molecule has 0 spiro atoms. The van der Waals surface area contributed by atoms with Crippen LogP contribution in [-0.2, 0) is 11.3 Å². The maximum absolute atomic E-state index is 5.28. The Morgan fingerprint density at radius 3 is 2.68 bits per heavy atom. The molecule has 0 fully saturated rings. The smallest absolute Gasteiger partial charge is 0.191 e. The number of ether oxygens (including phenoxy) is 1. The van der Waals surface area contributed by atoms with Gasteiger partial charge in [0.1, 0.15) is 0 Å². The molecule has 1 heterocycles. The molecule has 19 heavy (non-hydrogen) atoms. The van der Waals surface area contributed by atoms with E-state index < -0.39 is 0 Å². The molecule has 0 unspecified atom stereocenters. The molecule has 0 bridgehead atoms. The van der Waals surface area contributed by atoms with Crippen molar-refractivity contribution in [1.82, 2.24) is 10.6 Å². The van der Waals surface area contributed by atoms with Gasteiger partial charge in [-0.3, -0.25) is 0 Å². The summed E-state index contributed by atoms with van der Waals surface area (Å²) in [5.41, 5.74) is 0. The fraction of sp³-hybridized carbons (Fsp3) is 0.615. The molecule has 0 radical (unpaired) electrons. The van der Waals surface area contributed by atoms with E-state index in [0.717, 1.165) is 32.2 Å². The van der Waals surface area contributed by atoms with Crippen molar-refractivity contribution in [2.45, 2.75) is 27.3 Å². The summed E-state index contributed by atoms with van der Waals surface area (Å²) in [6, 6.07) is 4.26. The minimum absolute atomic E-state index is 0. The second-order valence-corrected chi connectivity index (χ2v) is 5.20. The fourth-order valence-electron chi connectivity index (χ4n) is 1.45. The van der Waals surface area contributed by atoms with E-state index >= 15 is 0 Å². The standard InChI is InChI=1S/C13H23N3OS.HI/c1-4-14-13(15-8-9-17-5-2)16-10-12-7-6-11(3)18-12;/h6-7H,4-5,8-10H2,1-3H3,(H2,14,15,16);1H. The molecule has 0 saturated heterocycles. The van der Waals surface area contributed by atoms with E-state index in [1.807, 2.05) is 6.92 Å². The van der Waals surface area contributed by atoms with Gasteiger partial charge in [-0.15, -0.1) is 35.3 Å². The minimum Gasteiger partial charge on any atom is -0.380 e. The maximum atomic E-state index is 5.28. The van der Waals surface area contributed by atoms with Crippen LogP contribution in [0, 0.1) is 6.92 Å². The third-order valence-corrected chi connectivity index (χ3v) is 3.26. The van der Waals surface area contributed by atoms with Crippen LogP contribution >= 0.6 is 35.3 Å². The van der Waals surface area contributed by atoms with Crippen molar-refractivity contribution in [3.63, 3.8) is 0 Å². The Morgan fingerprint density at radius 1 is 1.32 bits per heavy atom. The number of nitrogens with zero attached hydrogens (tertiary/aromatic N) is 1. The van der Waals surface area contributed by atoms with E-state index in [4.69, 9.17) is 4.74 Å². The van der Waals surface area contributed by atoms with Crippen LogP contribution in [0.4, 0.5) is 0 Å². The zero-order valence-electron chi connectivity index (χ0n) is 11.9. The van der Waals surface area contributed by atoms with E-state index in [1.165, 1.54) is 9.75 Å². The highest BCUT2D eigenvalue weighted by molar-refractivity contribution is 14.0. The van der Waals surface area contributed by atoms with Crippen LogP contribution in [0.15, 0.2) is 17.1 Å². The fourth-order valence-corrected chi connectivity index (χ4v) is 2.27. The molecule has 110 valence electrons. The zero-order chi connectivity index (χ0) is 13.2. The van der Waals surface area contributed by atoms with E-state index in [0.29, 0.717) is 6.61 Å². The summed E-state index contributed by atoms with van der Waals surface area (Å²) in [6.45, 7) is 10.0. The number of hydrogen-bond donors (Lipinski definition) is 2. The van der Waals surface area contributed by atoms with E-state index in [2.05, 4.69) is 41.6 Å². The molecule has 0 amide bonds. The summed E-state index contributed by atoms with van der Waals surface area (Å²) in [6.07, 6.45) is 0. The van der Waals surface area contributed by atoms with Gasteiger partial charge in [-0.05, 0) is 32.9 Å².